The minimum absolute atomic E-state index is 0.323. The number of anilines is 2. The monoisotopic (exact) mass is 295 g/mol. The van der Waals surface area contributed by atoms with Gasteiger partial charge in [0.25, 0.3) is 0 Å². The summed E-state index contributed by atoms with van der Waals surface area (Å²) in [6, 6.07) is 17.5. The molecule has 0 aliphatic carbocycles. The lowest BCUT2D eigenvalue weighted by molar-refractivity contribution is 0.414. The fraction of sp³-hybridized carbons (Fsp3) is 0.125. The average Bonchev–Trinajstić information content (AvgIpc) is 2.95. The van der Waals surface area contributed by atoms with Crippen molar-refractivity contribution in [2.75, 3.05) is 18.2 Å². The maximum atomic E-state index is 5.94. The topological polar surface area (TPSA) is 78.0 Å². The van der Waals surface area contributed by atoms with Crippen LogP contribution in [0.2, 0.25) is 0 Å². The quantitative estimate of drug-likeness (QED) is 0.756. The predicted octanol–water partition coefficient (Wildman–Crippen LogP) is 2.47. The van der Waals surface area contributed by atoms with E-state index in [0.717, 1.165) is 17.0 Å². The van der Waals surface area contributed by atoms with Gasteiger partial charge in [0.1, 0.15) is 5.75 Å². The van der Waals surface area contributed by atoms with Crippen molar-refractivity contribution in [3.8, 4) is 11.4 Å². The van der Waals surface area contributed by atoms with E-state index in [1.54, 1.807) is 11.8 Å². The minimum Gasteiger partial charge on any atom is -0.497 e. The van der Waals surface area contributed by atoms with Gasteiger partial charge in [-0.05, 0) is 17.7 Å². The van der Waals surface area contributed by atoms with E-state index in [-0.39, 0.29) is 0 Å². The van der Waals surface area contributed by atoms with Crippen LogP contribution >= 0.6 is 0 Å². The van der Waals surface area contributed by atoms with Crippen molar-refractivity contribution >= 4 is 11.9 Å². The smallest absolute Gasteiger partial charge is 0.244 e. The van der Waals surface area contributed by atoms with Crippen molar-refractivity contribution in [1.82, 2.24) is 14.8 Å². The van der Waals surface area contributed by atoms with Gasteiger partial charge in [-0.1, -0.05) is 36.4 Å². The van der Waals surface area contributed by atoms with Crippen LogP contribution in [0.1, 0.15) is 5.56 Å². The molecule has 0 atom stereocenters. The van der Waals surface area contributed by atoms with E-state index in [9.17, 15) is 0 Å². The summed E-state index contributed by atoms with van der Waals surface area (Å²) in [4.78, 5) is 4.24. The van der Waals surface area contributed by atoms with Crippen LogP contribution in [-0.2, 0) is 6.54 Å². The zero-order valence-corrected chi connectivity index (χ0v) is 12.2. The Morgan fingerprint density at radius 2 is 1.95 bits per heavy atom. The van der Waals surface area contributed by atoms with E-state index >= 15 is 0 Å². The Morgan fingerprint density at radius 1 is 1.14 bits per heavy atom. The molecule has 0 saturated carbocycles. The molecule has 0 fully saturated rings. The molecule has 6 nitrogen and oxygen atoms in total. The van der Waals surface area contributed by atoms with Gasteiger partial charge in [0.05, 0.1) is 12.8 Å². The normalized spacial score (nSPS) is 10.4. The molecule has 0 amide bonds. The van der Waals surface area contributed by atoms with E-state index in [1.807, 2.05) is 54.6 Å². The molecule has 0 aliphatic rings. The fourth-order valence-electron chi connectivity index (χ4n) is 2.11. The van der Waals surface area contributed by atoms with Crippen molar-refractivity contribution in [1.29, 1.82) is 0 Å². The molecule has 2 aromatic carbocycles. The van der Waals surface area contributed by atoms with Crippen LogP contribution < -0.4 is 15.8 Å². The molecule has 3 aromatic rings. The number of methoxy groups -OCH3 is 1. The molecule has 6 heteroatoms. The molecule has 0 radical (unpaired) electrons. The lowest BCUT2D eigenvalue weighted by Gasteiger charge is -2.05. The van der Waals surface area contributed by atoms with Gasteiger partial charge in [0, 0.05) is 12.6 Å². The summed E-state index contributed by atoms with van der Waals surface area (Å²) in [5.74, 6) is 1.55. The Labute approximate surface area is 128 Å². The highest BCUT2D eigenvalue weighted by atomic mass is 16.5. The molecular formula is C16H17N5O. The molecule has 1 heterocycles. The first kappa shape index (κ1) is 13.9. The van der Waals surface area contributed by atoms with Crippen LogP contribution in [0.25, 0.3) is 5.69 Å². The van der Waals surface area contributed by atoms with Crippen molar-refractivity contribution in [3.63, 3.8) is 0 Å². The first-order valence-electron chi connectivity index (χ1n) is 6.91. The first-order valence-corrected chi connectivity index (χ1v) is 6.91. The zero-order chi connectivity index (χ0) is 15.4. The van der Waals surface area contributed by atoms with Crippen LogP contribution in [0.5, 0.6) is 5.75 Å². The molecule has 0 aliphatic heterocycles. The van der Waals surface area contributed by atoms with E-state index in [1.165, 1.54) is 0 Å². The Kier molecular flexibility index (Phi) is 3.91. The third-order valence-corrected chi connectivity index (χ3v) is 3.22. The minimum atomic E-state index is 0.323. The molecule has 0 spiro atoms. The molecule has 0 bridgehead atoms. The van der Waals surface area contributed by atoms with Crippen LogP contribution in [0.15, 0.2) is 54.6 Å². The Morgan fingerprint density at radius 3 is 2.73 bits per heavy atom. The summed E-state index contributed by atoms with van der Waals surface area (Å²) in [5.41, 5.74) is 7.90. The number of hydrogen-bond donors (Lipinski definition) is 2. The van der Waals surface area contributed by atoms with Gasteiger partial charge >= 0.3 is 0 Å². The fourth-order valence-corrected chi connectivity index (χ4v) is 2.11. The van der Waals surface area contributed by atoms with E-state index in [0.29, 0.717) is 18.4 Å². The lowest BCUT2D eigenvalue weighted by atomic mass is 10.2. The molecule has 0 saturated heterocycles. The summed E-state index contributed by atoms with van der Waals surface area (Å²) in [6.45, 7) is 0.641. The first-order chi connectivity index (χ1) is 10.8. The third kappa shape index (κ3) is 3.01. The number of benzene rings is 2. The zero-order valence-electron chi connectivity index (χ0n) is 12.2. The van der Waals surface area contributed by atoms with Crippen molar-refractivity contribution in [2.45, 2.75) is 6.54 Å². The van der Waals surface area contributed by atoms with Gasteiger partial charge in [-0.25, -0.2) is 0 Å². The van der Waals surface area contributed by atoms with Crippen LogP contribution in [0.4, 0.5) is 11.9 Å². The summed E-state index contributed by atoms with van der Waals surface area (Å²) in [7, 11) is 1.62. The van der Waals surface area contributed by atoms with Gasteiger partial charge in [-0.2, -0.15) is 9.67 Å². The number of rotatable bonds is 5. The number of nitrogens with zero attached hydrogens (tertiary/aromatic N) is 3. The third-order valence-electron chi connectivity index (χ3n) is 3.22. The number of nitrogens with two attached hydrogens (primary N) is 1. The molecular weight excluding hydrogens is 278 g/mol. The number of hydrogen-bond acceptors (Lipinski definition) is 5. The van der Waals surface area contributed by atoms with Gasteiger partial charge in [-0.15, -0.1) is 5.10 Å². The molecule has 3 rings (SSSR count). The van der Waals surface area contributed by atoms with Crippen LogP contribution in [0.3, 0.4) is 0 Å². The largest absolute Gasteiger partial charge is 0.497 e. The number of ether oxygens (including phenoxy) is 1. The highest BCUT2D eigenvalue weighted by Gasteiger charge is 2.09. The maximum absolute atomic E-state index is 5.94. The standard InChI is InChI=1S/C16H17N5O/c1-22-14-9-5-8-13(10-14)21-15(17)19-16(20-21)18-11-12-6-3-2-4-7-12/h2-10H,11H2,1H3,(H3,17,18,19,20). The lowest BCUT2D eigenvalue weighted by Crippen LogP contribution is -2.03. The second-order valence-corrected chi connectivity index (χ2v) is 4.75. The second-order valence-electron chi connectivity index (χ2n) is 4.75. The van der Waals surface area contributed by atoms with Crippen LogP contribution in [-0.4, -0.2) is 21.9 Å². The summed E-state index contributed by atoms with van der Waals surface area (Å²) >= 11 is 0. The van der Waals surface area contributed by atoms with Crippen molar-refractivity contribution < 1.29 is 4.74 Å². The number of nitrogen functional groups attached to an aromatic ring is 1. The summed E-state index contributed by atoms with van der Waals surface area (Å²) in [5, 5.41) is 7.55. The number of nitrogens with one attached hydrogen (secondary N) is 1. The van der Waals surface area contributed by atoms with Gasteiger partial charge in [0.15, 0.2) is 0 Å². The molecule has 1 aromatic heterocycles. The van der Waals surface area contributed by atoms with Crippen molar-refractivity contribution in [3.05, 3.63) is 60.2 Å². The Bertz CT molecular complexity index is 754. The number of aromatic nitrogens is 3. The highest BCUT2D eigenvalue weighted by Crippen LogP contribution is 2.19. The van der Waals surface area contributed by atoms with E-state index in [4.69, 9.17) is 10.5 Å². The molecule has 3 N–H and O–H groups in total. The highest BCUT2D eigenvalue weighted by molar-refractivity contribution is 5.45. The predicted molar refractivity (Wildman–Crippen MR) is 86.1 cm³/mol. The van der Waals surface area contributed by atoms with E-state index in [2.05, 4.69) is 15.4 Å². The Hall–Kier alpha value is -3.02. The SMILES string of the molecule is COc1cccc(-n2nc(NCc3ccccc3)nc2N)c1. The second kappa shape index (κ2) is 6.17. The Balaban J connectivity index is 1.78. The molecule has 22 heavy (non-hydrogen) atoms. The summed E-state index contributed by atoms with van der Waals surface area (Å²) in [6.07, 6.45) is 0. The van der Waals surface area contributed by atoms with Gasteiger partial charge < -0.3 is 15.8 Å². The summed E-state index contributed by atoms with van der Waals surface area (Å²) < 4.78 is 6.79. The molecule has 0 unspecified atom stereocenters. The average molecular weight is 295 g/mol. The van der Waals surface area contributed by atoms with Gasteiger partial charge in [0.2, 0.25) is 11.9 Å². The van der Waals surface area contributed by atoms with Crippen LogP contribution in [0, 0.1) is 0 Å². The molecule has 112 valence electrons. The van der Waals surface area contributed by atoms with Crippen molar-refractivity contribution in [2.24, 2.45) is 0 Å². The van der Waals surface area contributed by atoms with Gasteiger partial charge in [-0.3, -0.25) is 0 Å². The van der Waals surface area contributed by atoms with E-state index < -0.39 is 0 Å². The maximum Gasteiger partial charge on any atom is 0.244 e.